The van der Waals surface area contributed by atoms with Crippen LogP contribution in [0, 0.1) is 9.39 Å². The normalized spacial score (nSPS) is 10.8. The number of carbonyl (C=O) groups is 1. The molecule has 5 nitrogen and oxygen atoms in total. The van der Waals surface area contributed by atoms with Crippen LogP contribution in [0.5, 0.6) is 0 Å². The highest BCUT2D eigenvalue weighted by atomic mass is 127. The maximum Gasteiger partial charge on any atom is 0.286 e. The lowest BCUT2D eigenvalue weighted by atomic mass is 10.2. The van der Waals surface area contributed by atoms with Crippen LogP contribution in [-0.2, 0) is 0 Å². The first kappa shape index (κ1) is 13.8. The van der Waals surface area contributed by atoms with Crippen molar-refractivity contribution in [1.82, 2.24) is 4.98 Å². The first-order valence-corrected chi connectivity index (χ1v) is 7.02. The molecule has 0 saturated heterocycles. The van der Waals surface area contributed by atoms with Crippen LogP contribution in [0.2, 0.25) is 0 Å². The number of hydrogen-bond donors (Lipinski definition) is 2. The van der Waals surface area contributed by atoms with Crippen molar-refractivity contribution < 1.29 is 13.6 Å². The average Bonchev–Trinajstić information content (AvgIpc) is 2.81. The predicted octanol–water partition coefficient (Wildman–Crippen LogP) is 3.41. The van der Waals surface area contributed by atoms with Gasteiger partial charge in [0.1, 0.15) is 17.1 Å². The van der Waals surface area contributed by atoms with E-state index in [1.54, 1.807) is 18.2 Å². The molecule has 0 aliphatic heterocycles. The van der Waals surface area contributed by atoms with Gasteiger partial charge in [0.15, 0.2) is 0 Å². The first-order valence-electron chi connectivity index (χ1n) is 5.94. The van der Waals surface area contributed by atoms with E-state index in [4.69, 9.17) is 10.2 Å². The van der Waals surface area contributed by atoms with Crippen LogP contribution in [0.15, 0.2) is 41.1 Å². The van der Waals surface area contributed by atoms with E-state index < -0.39 is 11.7 Å². The summed E-state index contributed by atoms with van der Waals surface area (Å²) in [4.78, 5) is 15.5. The number of anilines is 2. The fraction of sp³-hybridized carbons (Fsp3) is 0. The Morgan fingerprint density at radius 3 is 2.90 bits per heavy atom. The quantitative estimate of drug-likeness (QED) is 0.664. The monoisotopic (exact) mass is 397 g/mol. The van der Waals surface area contributed by atoms with Crippen molar-refractivity contribution >= 4 is 50.8 Å². The molecular weight excluding hydrogens is 388 g/mol. The van der Waals surface area contributed by atoms with Gasteiger partial charge in [0, 0.05) is 16.0 Å². The van der Waals surface area contributed by atoms with Crippen molar-refractivity contribution in [2.24, 2.45) is 5.73 Å². The highest BCUT2D eigenvalue weighted by molar-refractivity contribution is 14.1. The fourth-order valence-electron chi connectivity index (χ4n) is 1.96. The van der Waals surface area contributed by atoms with Gasteiger partial charge in [-0.2, -0.15) is 0 Å². The van der Waals surface area contributed by atoms with Gasteiger partial charge in [-0.25, -0.2) is 4.39 Å². The zero-order valence-electron chi connectivity index (χ0n) is 10.6. The summed E-state index contributed by atoms with van der Waals surface area (Å²) in [5.41, 5.74) is 6.29. The third-order valence-corrected chi connectivity index (χ3v) is 3.58. The zero-order chi connectivity index (χ0) is 15.0. The minimum atomic E-state index is -0.736. The lowest BCUT2D eigenvalue weighted by molar-refractivity contribution is 0.0977. The second-order valence-corrected chi connectivity index (χ2v) is 5.54. The van der Waals surface area contributed by atoms with Gasteiger partial charge in [0.25, 0.3) is 5.91 Å². The van der Waals surface area contributed by atoms with Gasteiger partial charge in [-0.05, 0) is 46.9 Å². The van der Waals surface area contributed by atoms with E-state index in [9.17, 15) is 9.18 Å². The highest BCUT2D eigenvalue weighted by Crippen LogP contribution is 2.33. The lowest BCUT2D eigenvalue weighted by Gasteiger charge is -2.07. The molecule has 3 aromatic rings. The van der Waals surface area contributed by atoms with Crippen molar-refractivity contribution in [3.63, 3.8) is 0 Å². The molecule has 1 amide bonds. The number of nitrogens with two attached hydrogens (primary N) is 1. The molecule has 0 bridgehead atoms. The molecule has 0 atom stereocenters. The molecule has 0 saturated carbocycles. The van der Waals surface area contributed by atoms with Crippen LogP contribution in [-0.4, -0.2) is 10.9 Å². The zero-order valence-corrected chi connectivity index (χ0v) is 12.7. The maximum absolute atomic E-state index is 13.9. The van der Waals surface area contributed by atoms with Crippen molar-refractivity contribution in [2.75, 3.05) is 5.32 Å². The van der Waals surface area contributed by atoms with Crippen molar-refractivity contribution in [3.8, 4) is 0 Å². The summed E-state index contributed by atoms with van der Waals surface area (Å²) in [6.07, 6.45) is 3.06. The molecular formula is C14H9FIN3O2. The number of fused-ring (bicyclic) bond motifs is 1. The third kappa shape index (κ3) is 2.56. The van der Waals surface area contributed by atoms with Crippen LogP contribution >= 0.6 is 22.6 Å². The van der Waals surface area contributed by atoms with E-state index in [-0.39, 0.29) is 11.4 Å². The van der Waals surface area contributed by atoms with Crippen LogP contribution in [0.4, 0.5) is 15.8 Å². The molecule has 21 heavy (non-hydrogen) atoms. The predicted molar refractivity (Wildman–Crippen MR) is 84.9 cm³/mol. The number of amides is 1. The second-order valence-electron chi connectivity index (χ2n) is 4.29. The number of hydrogen-bond acceptors (Lipinski definition) is 4. The highest BCUT2D eigenvalue weighted by Gasteiger charge is 2.19. The van der Waals surface area contributed by atoms with E-state index >= 15 is 0 Å². The number of primary amides is 1. The summed E-state index contributed by atoms with van der Waals surface area (Å²) in [6.45, 7) is 0. The standard InChI is InChI=1S/C14H9FIN3O2/c15-9-5-7(16)1-2-10(9)19-12-8-6-18-4-3-11(8)21-13(12)14(17)20/h1-6,19H,(H2,17,20). The van der Waals surface area contributed by atoms with Crippen LogP contribution < -0.4 is 11.1 Å². The van der Waals surface area contributed by atoms with Crippen molar-refractivity contribution in [2.45, 2.75) is 0 Å². The van der Waals surface area contributed by atoms with Gasteiger partial charge in [0.05, 0.1) is 11.1 Å². The minimum absolute atomic E-state index is 0.0593. The van der Waals surface area contributed by atoms with E-state index in [2.05, 4.69) is 10.3 Å². The van der Waals surface area contributed by atoms with Gasteiger partial charge in [0.2, 0.25) is 5.76 Å². The Hall–Kier alpha value is -2.16. The number of pyridine rings is 1. The lowest BCUT2D eigenvalue weighted by Crippen LogP contribution is -2.11. The molecule has 0 aliphatic rings. The first-order chi connectivity index (χ1) is 10.1. The molecule has 0 aliphatic carbocycles. The summed E-state index contributed by atoms with van der Waals surface area (Å²) in [5, 5.41) is 3.42. The van der Waals surface area contributed by atoms with Gasteiger partial charge < -0.3 is 15.5 Å². The molecule has 3 N–H and O–H groups in total. The molecule has 1 aromatic carbocycles. The fourth-order valence-corrected chi connectivity index (χ4v) is 2.42. The van der Waals surface area contributed by atoms with Crippen LogP contribution in [0.3, 0.4) is 0 Å². The number of benzene rings is 1. The van der Waals surface area contributed by atoms with Gasteiger partial charge >= 0.3 is 0 Å². The molecule has 106 valence electrons. The Kier molecular flexibility index (Phi) is 3.50. The van der Waals surface area contributed by atoms with Crippen molar-refractivity contribution in [1.29, 1.82) is 0 Å². The van der Waals surface area contributed by atoms with Gasteiger partial charge in [-0.3, -0.25) is 9.78 Å². The molecule has 3 rings (SSSR count). The minimum Gasteiger partial charge on any atom is -0.448 e. The Bertz CT molecular complexity index is 847. The molecule has 0 fully saturated rings. The van der Waals surface area contributed by atoms with Gasteiger partial charge in [-0.1, -0.05) is 0 Å². The Morgan fingerprint density at radius 2 is 2.19 bits per heavy atom. The Labute approximate surface area is 132 Å². The van der Waals surface area contributed by atoms with Crippen LogP contribution in [0.1, 0.15) is 10.6 Å². The third-order valence-electron chi connectivity index (χ3n) is 2.90. The molecule has 0 radical (unpaired) electrons. The number of nitrogens with one attached hydrogen (secondary N) is 1. The van der Waals surface area contributed by atoms with E-state index in [0.29, 0.717) is 16.7 Å². The number of carbonyl (C=O) groups excluding carboxylic acids is 1. The number of aromatic nitrogens is 1. The SMILES string of the molecule is NC(=O)c1oc2ccncc2c1Nc1ccc(I)cc1F. The molecule has 2 heterocycles. The number of halogens is 2. The summed E-state index contributed by atoms with van der Waals surface area (Å²) in [6, 6.07) is 6.32. The maximum atomic E-state index is 13.9. The Balaban J connectivity index is 2.14. The van der Waals surface area contributed by atoms with Gasteiger partial charge in [-0.15, -0.1) is 0 Å². The largest absolute Gasteiger partial charge is 0.448 e. The molecule has 7 heteroatoms. The van der Waals surface area contributed by atoms with Crippen LogP contribution in [0.25, 0.3) is 11.0 Å². The summed E-state index contributed by atoms with van der Waals surface area (Å²) in [5.74, 6) is -1.23. The topological polar surface area (TPSA) is 81.2 Å². The molecule has 2 aromatic heterocycles. The summed E-state index contributed by atoms with van der Waals surface area (Å²) >= 11 is 2.01. The smallest absolute Gasteiger partial charge is 0.286 e. The second kappa shape index (κ2) is 5.32. The molecule has 0 unspecified atom stereocenters. The summed E-state index contributed by atoms with van der Waals surface area (Å²) < 4.78 is 20.1. The molecule has 0 spiro atoms. The van der Waals surface area contributed by atoms with E-state index in [1.807, 2.05) is 22.6 Å². The van der Waals surface area contributed by atoms with E-state index in [0.717, 1.165) is 3.57 Å². The Morgan fingerprint density at radius 1 is 1.38 bits per heavy atom. The van der Waals surface area contributed by atoms with E-state index in [1.165, 1.54) is 18.5 Å². The van der Waals surface area contributed by atoms with Crippen molar-refractivity contribution in [3.05, 3.63) is 51.8 Å². The number of rotatable bonds is 3. The number of nitrogens with zero attached hydrogens (tertiary/aromatic N) is 1. The summed E-state index contributed by atoms with van der Waals surface area (Å²) in [7, 11) is 0. The number of furan rings is 1. The average molecular weight is 397 g/mol.